The highest BCUT2D eigenvalue weighted by atomic mass is 16.8. The van der Waals surface area contributed by atoms with Crippen molar-refractivity contribution in [3.05, 3.63) is 11.6 Å². The van der Waals surface area contributed by atoms with E-state index >= 15 is 0 Å². The van der Waals surface area contributed by atoms with Crippen molar-refractivity contribution in [2.75, 3.05) is 26.4 Å². The smallest absolute Gasteiger partial charge is 0.187 e. The van der Waals surface area contributed by atoms with E-state index in [2.05, 4.69) is 47.6 Å². The first-order chi connectivity index (χ1) is 29.6. The van der Waals surface area contributed by atoms with Gasteiger partial charge in [0.2, 0.25) is 0 Å². The van der Waals surface area contributed by atoms with Crippen molar-refractivity contribution < 1.29 is 83.9 Å². The third-order valence-electron chi connectivity index (χ3n) is 18.4. The van der Waals surface area contributed by atoms with E-state index in [1.165, 1.54) is 0 Å². The molecule has 360 valence electrons. The summed E-state index contributed by atoms with van der Waals surface area (Å²) in [5.41, 5.74) is -0.453. The lowest BCUT2D eigenvalue weighted by Gasteiger charge is -2.70. The summed E-state index contributed by atoms with van der Waals surface area (Å²) in [5, 5.41) is 96.7. The van der Waals surface area contributed by atoms with Crippen molar-refractivity contribution >= 4 is 0 Å². The van der Waals surface area contributed by atoms with Gasteiger partial charge in [-0.1, -0.05) is 39.3 Å². The standard InChI is InChI=1S/C46H74O17/c1-21(2)14-22-15-44(7,55)37-23-8-9-28-42(5)12-11-29(41(3,4)27(42)10-13-43(28,6)45(23)19-46(37,63-22)57-20-45)60-40-36(62-38-33(53)31(51)26(17-48)59-38)35(24(49)18-56-40)61-39-34(54)32(52)30(50)25(16-47)58-39/h14,22-40,47-55H,8-13,15-20H2,1-7H3/t22?,23?,24-,25+,26-,27?,28?,29-,30+,31-,32-,33+,34+,35-,36+,37?,38-,39?,40-,42-,43+,44?,45-,46-/m0/s1. The first-order valence-corrected chi connectivity index (χ1v) is 23.5. The molecule has 17 nitrogen and oxygen atoms in total. The summed E-state index contributed by atoms with van der Waals surface area (Å²) in [6, 6.07) is 0. The number of ether oxygens (including phenoxy) is 8. The molecule has 9 rings (SSSR count). The third-order valence-corrected chi connectivity index (χ3v) is 18.4. The SMILES string of the molecule is CC(C)=CC1CC(C)(O)C2C3CCC4[C@@]5(C)CC[C@H](O[C@@H]6OC[C@H](O)[C@H](OC7O[C@H](CO)[C@@H](O)[C@H](O)[C@H]7O)[C@H]6O[C@@H]6O[C@@H](CO)[C@H](O)[C@H]6O)C(C)(C)C5CC[C@@]4(C)[C@@]34CO[C@@]2(C4)O1. The van der Waals surface area contributed by atoms with Gasteiger partial charge in [-0.15, -0.1) is 0 Å². The van der Waals surface area contributed by atoms with E-state index in [1.807, 2.05) is 6.92 Å². The maximum Gasteiger partial charge on any atom is 0.187 e. The van der Waals surface area contributed by atoms with Gasteiger partial charge in [0.1, 0.15) is 61.0 Å². The first kappa shape index (κ1) is 47.1. The number of hydrogen-bond acceptors (Lipinski definition) is 17. The van der Waals surface area contributed by atoms with Gasteiger partial charge in [0.15, 0.2) is 24.7 Å². The Morgan fingerprint density at radius 3 is 2.00 bits per heavy atom. The van der Waals surface area contributed by atoms with E-state index in [1.54, 1.807) is 0 Å². The van der Waals surface area contributed by atoms with Crippen LogP contribution in [0.5, 0.6) is 0 Å². The van der Waals surface area contributed by atoms with E-state index < -0.39 is 110 Å². The summed E-state index contributed by atoms with van der Waals surface area (Å²) in [5.74, 6) is -0.0237. The molecule has 0 radical (unpaired) electrons. The van der Waals surface area contributed by atoms with Gasteiger partial charge in [0.25, 0.3) is 0 Å². The zero-order chi connectivity index (χ0) is 45.4. The molecule has 9 N–H and O–H groups in total. The molecule has 4 saturated carbocycles. The molecule has 9 aliphatic rings. The number of aliphatic hydroxyl groups excluding tert-OH is 8. The van der Waals surface area contributed by atoms with E-state index in [-0.39, 0.29) is 52.8 Å². The van der Waals surface area contributed by atoms with Crippen molar-refractivity contribution in [3.63, 3.8) is 0 Å². The Morgan fingerprint density at radius 1 is 0.714 bits per heavy atom. The highest BCUT2D eigenvalue weighted by Gasteiger charge is 2.81. The molecular weight excluding hydrogens is 824 g/mol. The lowest BCUT2D eigenvalue weighted by molar-refractivity contribution is -0.375. The zero-order valence-electron chi connectivity index (χ0n) is 37.8. The minimum absolute atomic E-state index is 0.0626. The van der Waals surface area contributed by atoms with E-state index in [0.717, 1.165) is 44.1 Å². The molecule has 2 bridgehead atoms. The normalized spacial score (nSPS) is 57.2. The van der Waals surface area contributed by atoms with Crippen molar-refractivity contribution in [1.29, 1.82) is 0 Å². The topological polar surface area (TPSA) is 256 Å². The molecule has 5 saturated heterocycles. The van der Waals surface area contributed by atoms with Gasteiger partial charge in [0, 0.05) is 24.2 Å². The Kier molecular flexibility index (Phi) is 12.2. The molecule has 24 atom stereocenters. The summed E-state index contributed by atoms with van der Waals surface area (Å²) in [4.78, 5) is 0. The lowest BCUT2D eigenvalue weighted by Crippen LogP contribution is -2.67. The van der Waals surface area contributed by atoms with E-state index in [9.17, 15) is 46.0 Å². The number of hydrogen-bond donors (Lipinski definition) is 9. The fraction of sp³-hybridized carbons (Fsp3) is 0.957. The van der Waals surface area contributed by atoms with Crippen LogP contribution < -0.4 is 0 Å². The molecule has 7 unspecified atom stereocenters. The van der Waals surface area contributed by atoms with Crippen LogP contribution >= 0.6 is 0 Å². The Hall–Kier alpha value is -0.940. The molecule has 17 heteroatoms. The molecule has 0 amide bonds. The summed E-state index contributed by atoms with van der Waals surface area (Å²) >= 11 is 0. The van der Waals surface area contributed by atoms with Gasteiger partial charge < -0.3 is 83.9 Å². The number of fused-ring (bicyclic) bond motifs is 4. The van der Waals surface area contributed by atoms with Gasteiger partial charge in [-0.25, -0.2) is 0 Å². The largest absolute Gasteiger partial charge is 0.394 e. The number of allylic oxidation sites excluding steroid dienone is 1. The molecular formula is C46H74O17. The molecule has 0 aromatic heterocycles. The zero-order valence-corrected chi connectivity index (χ0v) is 37.8. The molecule has 0 aromatic carbocycles. The van der Waals surface area contributed by atoms with Gasteiger partial charge in [-0.3, -0.25) is 0 Å². The molecule has 0 aromatic rings. The quantitative estimate of drug-likeness (QED) is 0.114. The van der Waals surface area contributed by atoms with E-state index in [4.69, 9.17) is 37.9 Å². The van der Waals surface area contributed by atoms with Crippen LogP contribution in [-0.2, 0) is 37.9 Å². The summed E-state index contributed by atoms with van der Waals surface area (Å²) in [6.07, 6.45) is -11.0. The Labute approximate surface area is 369 Å². The monoisotopic (exact) mass is 898 g/mol. The minimum atomic E-state index is -1.79. The Balaban J connectivity index is 0.969. The average molecular weight is 899 g/mol. The second-order valence-electron chi connectivity index (χ2n) is 22.5. The average Bonchev–Trinajstić information content (AvgIpc) is 3.83. The minimum Gasteiger partial charge on any atom is -0.394 e. The highest BCUT2D eigenvalue weighted by molar-refractivity contribution is 5.26. The molecule has 63 heavy (non-hydrogen) atoms. The van der Waals surface area contributed by atoms with Crippen molar-refractivity contribution in [2.45, 2.75) is 203 Å². The molecule has 9 fully saturated rings. The van der Waals surface area contributed by atoms with Crippen molar-refractivity contribution in [1.82, 2.24) is 0 Å². The van der Waals surface area contributed by atoms with Gasteiger partial charge in [-0.2, -0.15) is 0 Å². The number of aliphatic hydroxyl groups is 9. The van der Waals surface area contributed by atoms with Crippen LogP contribution in [0.4, 0.5) is 0 Å². The Bertz CT molecular complexity index is 1710. The fourth-order valence-electron chi connectivity index (χ4n) is 15.6. The van der Waals surface area contributed by atoms with Crippen LogP contribution in [0.2, 0.25) is 0 Å². The second kappa shape index (κ2) is 16.4. The van der Waals surface area contributed by atoms with Crippen molar-refractivity contribution in [2.24, 2.45) is 45.3 Å². The van der Waals surface area contributed by atoms with Crippen LogP contribution in [0.3, 0.4) is 0 Å². The predicted octanol–water partition coefficient (Wildman–Crippen LogP) is 0.606. The summed E-state index contributed by atoms with van der Waals surface area (Å²) < 4.78 is 50.7. The van der Waals surface area contributed by atoms with E-state index in [0.29, 0.717) is 25.4 Å². The molecule has 4 aliphatic carbocycles. The maximum absolute atomic E-state index is 12.2. The summed E-state index contributed by atoms with van der Waals surface area (Å²) in [7, 11) is 0. The molecule has 2 spiro atoms. The Morgan fingerprint density at radius 2 is 1.35 bits per heavy atom. The summed E-state index contributed by atoms with van der Waals surface area (Å²) in [6.45, 7) is 14.6. The van der Waals surface area contributed by atoms with Crippen LogP contribution in [-0.4, -0.2) is 176 Å². The van der Waals surface area contributed by atoms with Crippen LogP contribution in [0.15, 0.2) is 11.6 Å². The molecule has 5 aliphatic heterocycles. The lowest BCUT2D eigenvalue weighted by atomic mass is 9.35. The van der Waals surface area contributed by atoms with Gasteiger partial charge in [-0.05, 0) is 93.3 Å². The maximum atomic E-state index is 12.2. The van der Waals surface area contributed by atoms with Gasteiger partial charge in [0.05, 0.1) is 44.2 Å². The fourth-order valence-corrected chi connectivity index (χ4v) is 15.6. The van der Waals surface area contributed by atoms with Crippen LogP contribution in [0, 0.1) is 45.3 Å². The first-order valence-electron chi connectivity index (χ1n) is 23.5. The van der Waals surface area contributed by atoms with Crippen molar-refractivity contribution in [3.8, 4) is 0 Å². The van der Waals surface area contributed by atoms with Crippen LogP contribution in [0.1, 0.15) is 99.8 Å². The number of rotatable bonds is 9. The van der Waals surface area contributed by atoms with Crippen LogP contribution in [0.25, 0.3) is 0 Å². The third kappa shape index (κ3) is 7.11. The second-order valence-corrected chi connectivity index (χ2v) is 22.5. The highest BCUT2D eigenvalue weighted by Crippen LogP contribution is 2.80. The van der Waals surface area contributed by atoms with Gasteiger partial charge >= 0.3 is 0 Å². The predicted molar refractivity (Wildman–Crippen MR) is 219 cm³/mol. The molecule has 5 heterocycles.